The summed E-state index contributed by atoms with van der Waals surface area (Å²) in [5.41, 5.74) is 3.54. The van der Waals surface area contributed by atoms with Crippen molar-refractivity contribution in [1.29, 1.82) is 0 Å². The quantitative estimate of drug-likeness (QED) is 0.720. The van der Waals surface area contributed by atoms with Gasteiger partial charge in [-0.1, -0.05) is 18.2 Å². The lowest BCUT2D eigenvalue weighted by Crippen LogP contribution is -2.48. The van der Waals surface area contributed by atoms with E-state index in [1.54, 1.807) is 30.5 Å². The maximum atomic E-state index is 12.6. The number of nitrogen functional groups attached to an aromatic ring is 1. The highest BCUT2D eigenvalue weighted by molar-refractivity contribution is 5.89. The van der Waals surface area contributed by atoms with E-state index in [2.05, 4.69) is 4.98 Å². The van der Waals surface area contributed by atoms with Gasteiger partial charge in [0.05, 0.1) is 5.56 Å². The molecule has 9 nitrogen and oxygen atoms in total. The van der Waals surface area contributed by atoms with Gasteiger partial charge < -0.3 is 24.7 Å². The third-order valence-electron chi connectivity index (χ3n) is 6.65. The molecule has 2 aliphatic heterocycles. The minimum atomic E-state index is -1.04. The highest BCUT2D eigenvalue weighted by Crippen LogP contribution is 2.58. The number of ether oxygens (including phenoxy) is 4. The Balaban J connectivity index is 1.47. The number of benzene rings is 1. The van der Waals surface area contributed by atoms with Crippen molar-refractivity contribution >= 4 is 11.8 Å². The number of rotatable bonds is 4. The molecule has 2 saturated heterocycles. The minimum absolute atomic E-state index is 0.0614. The maximum Gasteiger partial charge on any atom is 0.351 e. The van der Waals surface area contributed by atoms with Gasteiger partial charge in [-0.25, -0.2) is 9.59 Å². The van der Waals surface area contributed by atoms with Crippen LogP contribution in [0.15, 0.2) is 47.4 Å². The van der Waals surface area contributed by atoms with Crippen molar-refractivity contribution in [2.45, 2.75) is 68.9 Å². The van der Waals surface area contributed by atoms with Gasteiger partial charge in [-0.15, -0.1) is 0 Å². The third kappa shape index (κ3) is 3.32. The topological polar surface area (TPSA) is 115 Å². The molecule has 3 fully saturated rings. The van der Waals surface area contributed by atoms with Gasteiger partial charge in [-0.3, -0.25) is 4.57 Å². The molecule has 4 atom stereocenters. The predicted molar refractivity (Wildman–Crippen MR) is 114 cm³/mol. The van der Waals surface area contributed by atoms with Crippen molar-refractivity contribution in [2.24, 2.45) is 0 Å². The number of nitrogens with two attached hydrogens (primary N) is 1. The summed E-state index contributed by atoms with van der Waals surface area (Å²) in [6.45, 7) is 3.64. The van der Waals surface area contributed by atoms with E-state index in [1.807, 2.05) is 19.9 Å². The van der Waals surface area contributed by atoms with Crippen LogP contribution in [0.4, 0.5) is 5.82 Å². The van der Waals surface area contributed by atoms with E-state index in [4.69, 9.17) is 24.7 Å². The van der Waals surface area contributed by atoms with Gasteiger partial charge in [-0.2, -0.15) is 4.98 Å². The van der Waals surface area contributed by atoms with Gasteiger partial charge >= 0.3 is 11.7 Å². The smallest absolute Gasteiger partial charge is 0.351 e. The average Bonchev–Trinajstić information content (AvgIpc) is 3.41. The van der Waals surface area contributed by atoms with E-state index in [1.165, 1.54) is 10.6 Å². The van der Waals surface area contributed by atoms with E-state index in [0.29, 0.717) is 5.56 Å². The van der Waals surface area contributed by atoms with Crippen LogP contribution in [0.25, 0.3) is 0 Å². The number of nitrogens with zero attached hydrogens (tertiary/aromatic N) is 2. The van der Waals surface area contributed by atoms with Gasteiger partial charge in [-0.05, 0) is 44.9 Å². The molecular formula is C23H27N3O6. The molecule has 3 aliphatic rings. The zero-order valence-electron chi connectivity index (χ0n) is 18.2. The van der Waals surface area contributed by atoms with E-state index in [-0.39, 0.29) is 12.4 Å². The number of carbonyl (C=O) groups is 1. The average molecular weight is 441 g/mol. The molecule has 0 radical (unpaired) electrons. The number of fused-ring (bicyclic) bond motifs is 1. The van der Waals surface area contributed by atoms with Crippen LogP contribution < -0.4 is 11.4 Å². The second-order valence-electron chi connectivity index (χ2n) is 9.17. The normalized spacial score (nSPS) is 32.8. The lowest BCUT2D eigenvalue weighted by atomic mass is 9.89. The molecule has 170 valence electrons. The number of carbonyl (C=O) groups excluding carboxylic acids is 1. The van der Waals surface area contributed by atoms with Gasteiger partial charge in [0.1, 0.15) is 29.7 Å². The number of aromatic nitrogens is 2. The lowest BCUT2D eigenvalue weighted by Gasteiger charge is -2.33. The van der Waals surface area contributed by atoms with Crippen molar-refractivity contribution in [3.63, 3.8) is 0 Å². The van der Waals surface area contributed by atoms with Crippen molar-refractivity contribution in [1.82, 2.24) is 9.55 Å². The van der Waals surface area contributed by atoms with Crippen LogP contribution in [0.3, 0.4) is 0 Å². The van der Waals surface area contributed by atoms with Crippen molar-refractivity contribution in [3.8, 4) is 0 Å². The van der Waals surface area contributed by atoms with E-state index >= 15 is 0 Å². The molecule has 3 heterocycles. The summed E-state index contributed by atoms with van der Waals surface area (Å²) in [6, 6.07) is 10.3. The first kappa shape index (κ1) is 21.1. The molecule has 2 N–H and O–H groups in total. The highest BCUT2D eigenvalue weighted by atomic mass is 16.8. The number of anilines is 1. The van der Waals surface area contributed by atoms with Crippen molar-refractivity contribution in [2.75, 3.05) is 12.3 Å². The Bertz CT molecular complexity index is 1080. The first-order chi connectivity index (χ1) is 15.2. The first-order valence-electron chi connectivity index (χ1n) is 10.9. The highest BCUT2D eigenvalue weighted by Gasteiger charge is 2.71. The molecule has 1 aliphatic carbocycles. The summed E-state index contributed by atoms with van der Waals surface area (Å²) in [5, 5.41) is 0. The van der Waals surface area contributed by atoms with Gasteiger partial charge in [0.2, 0.25) is 0 Å². The number of hydrogen-bond donors (Lipinski definition) is 1. The van der Waals surface area contributed by atoms with Gasteiger partial charge in [0.25, 0.3) is 0 Å². The molecule has 0 amide bonds. The zero-order chi connectivity index (χ0) is 22.6. The summed E-state index contributed by atoms with van der Waals surface area (Å²) in [5.74, 6) is -1.06. The van der Waals surface area contributed by atoms with E-state index in [0.717, 1.165) is 25.7 Å². The molecule has 0 bridgehead atoms. The number of hydrogen-bond acceptors (Lipinski definition) is 8. The summed E-state index contributed by atoms with van der Waals surface area (Å²) >= 11 is 0. The Morgan fingerprint density at radius 3 is 2.59 bits per heavy atom. The minimum Gasteiger partial charge on any atom is -0.459 e. The molecule has 9 heteroatoms. The van der Waals surface area contributed by atoms with Crippen LogP contribution in [0.2, 0.25) is 0 Å². The van der Waals surface area contributed by atoms with E-state index < -0.39 is 41.0 Å². The number of esters is 1. The van der Waals surface area contributed by atoms with E-state index in [9.17, 15) is 9.59 Å². The molecule has 5 rings (SSSR count). The summed E-state index contributed by atoms with van der Waals surface area (Å²) in [7, 11) is 0. The second kappa shape index (κ2) is 7.40. The van der Waals surface area contributed by atoms with Gasteiger partial charge in [0, 0.05) is 19.0 Å². The van der Waals surface area contributed by atoms with Crippen LogP contribution >= 0.6 is 0 Å². The Morgan fingerprint density at radius 1 is 1.19 bits per heavy atom. The summed E-state index contributed by atoms with van der Waals surface area (Å²) in [6.07, 6.45) is 3.68. The molecule has 1 aromatic carbocycles. The molecule has 2 aromatic rings. The maximum absolute atomic E-state index is 12.6. The van der Waals surface area contributed by atoms with Crippen LogP contribution in [-0.2, 0) is 18.9 Å². The van der Waals surface area contributed by atoms with Crippen LogP contribution in [0.5, 0.6) is 0 Å². The predicted octanol–water partition coefficient (Wildman–Crippen LogP) is 2.41. The fourth-order valence-corrected chi connectivity index (χ4v) is 5.20. The largest absolute Gasteiger partial charge is 0.459 e. The van der Waals surface area contributed by atoms with Crippen LogP contribution in [0, 0.1) is 0 Å². The zero-order valence-corrected chi connectivity index (χ0v) is 18.2. The molecule has 32 heavy (non-hydrogen) atoms. The molecule has 1 aromatic heterocycles. The van der Waals surface area contributed by atoms with Crippen LogP contribution in [-0.4, -0.2) is 45.2 Å². The van der Waals surface area contributed by atoms with Crippen LogP contribution in [0.1, 0.15) is 56.1 Å². The fraction of sp³-hybridized carbons (Fsp3) is 0.522. The molecule has 1 saturated carbocycles. The van der Waals surface area contributed by atoms with Crippen molar-refractivity contribution in [3.05, 3.63) is 58.6 Å². The Labute approximate surface area is 185 Å². The summed E-state index contributed by atoms with van der Waals surface area (Å²) in [4.78, 5) is 29.1. The summed E-state index contributed by atoms with van der Waals surface area (Å²) < 4.78 is 26.4. The molecule has 0 unspecified atom stereocenters. The molecule has 1 spiro atoms. The first-order valence-corrected chi connectivity index (χ1v) is 10.9. The Morgan fingerprint density at radius 2 is 1.91 bits per heavy atom. The lowest BCUT2D eigenvalue weighted by molar-refractivity contribution is -0.248. The SMILES string of the molecule is C[C@@]12OC3(CCCC3)O[C@@H]1[C@@](C)(COC(=O)c1ccccc1)O[C@H]2n1ccc(N)nc1=O. The monoisotopic (exact) mass is 441 g/mol. The third-order valence-corrected chi connectivity index (χ3v) is 6.65. The standard InChI is InChI=1S/C23H27N3O6/c1-21(14-29-17(27)15-8-4-3-5-9-15)18-22(2,32-23(30-18)11-6-7-12-23)19(31-21)26-13-10-16(24)25-20(26)28/h3-5,8-10,13,18-19H,6-7,11-12,14H2,1-2H3,(H2,24,25,28)/t18-,19-,21-,22-/m1/s1. The fourth-order valence-electron chi connectivity index (χ4n) is 5.20. The Kier molecular flexibility index (Phi) is 4.88. The molecular weight excluding hydrogens is 414 g/mol. The second-order valence-corrected chi connectivity index (χ2v) is 9.17. The van der Waals surface area contributed by atoms with Gasteiger partial charge in [0.15, 0.2) is 12.0 Å². The van der Waals surface area contributed by atoms with Crippen molar-refractivity contribution < 1.29 is 23.7 Å². The Hall–Kier alpha value is -2.75.